The van der Waals surface area contributed by atoms with Gasteiger partial charge in [0.25, 0.3) is 10.0 Å². The largest absolute Gasteiger partial charge is 0.341 e. The van der Waals surface area contributed by atoms with Crippen molar-refractivity contribution >= 4 is 66.5 Å². The first-order chi connectivity index (χ1) is 17.8. The number of nitrogens with one attached hydrogen (secondary N) is 1. The number of nitrogens with zero attached hydrogens (tertiary/aromatic N) is 3. The van der Waals surface area contributed by atoms with E-state index >= 15 is 0 Å². The first-order valence-electron chi connectivity index (χ1n) is 12.4. The predicted octanol–water partition coefficient (Wildman–Crippen LogP) is 5.19. The molecule has 7 nitrogen and oxygen atoms in total. The van der Waals surface area contributed by atoms with Crippen LogP contribution >= 0.6 is 23.1 Å². The average Bonchev–Trinajstić information content (AvgIpc) is 3.54. The van der Waals surface area contributed by atoms with Crippen LogP contribution in [0.2, 0.25) is 0 Å². The van der Waals surface area contributed by atoms with Crippen LogP contribution in [0.5, 0.6) is 0 Å². The second kappa shape index (κ2) is 12.4. The first-order valence-corrected chi connectivity index (χ1v) is 16.1. The Labute approximate surface area is 227 Å². The molecule has 0 aliphatic heterocycles. The van der Waals surface area contributed by atoms with Gasteiger partial charge < -0.3 is 14.8 Å². The number of hydrogen-bond donors (Lipinski definition) is 1. The molecule has 10 heteroatoms. The molecule has 0 bridgehead atoms. The molecule has 0 atom stereocenters. The van der Waals surface area contributed by atoms with E-state index in [4.69, 9.17) is 0 Å². The fourth-order valence-corrected chi connectivity index (χ4v) is 7.48. The molecule has 4 rings (SSSR count). The quantitative estimate of drug-likeness (QED) is 0.229. The molecule has 0 saturated carbocycles. The van der Waals surface area contributed by atoms with Gasteiger partial charge in [-0.1, -0.05) is 24.3 Å². The zero-order valence-electron chi connectivity index (χ0n) is 21.5. The number of hydrogen-bond acceptors (Lipinski definition) is 6. The number of amides is 1. The number of carbonyl (C=O) groups excluding carboxylic acids is 1. The van der Waals surface area contributed by atoms with Gasteiger partial charge in [-0.15, -0.1) is 11.3 Å². The maximum atomic E-state index is 13.3. The van der Waals surface area contributed by atoms with Crippen LogP contribution in [0, 0.1) is 0 Å². The third-order valence-electron chi connectivity index (χ3n) is 6.40. The summed E-state index contributed by atoms with van der Waals surface area (Å²) in [6.07, 6.45) is 3.11. The normalized spacial score (nSPS) is 12.2. The van der Waals surface area contributed by atoms with E-state index in [9.17, 15) is 13.2 Å². The standard InChI is InChI=1S/C27H34N4O3S3/c1-4-31-24-10-6-5-9-22(24)23-19-21(12-13-25(23)31)28-26(32)20-30(16-15-29(2)14-8-17-35-3)37(33,34)27-11-7-18-36-27/h5-7,9-13,18-19H,4,8,14-17,20H2,1-3H3,(H,28,32). The number of sulfonamides is 1. The highest BCUT2D eigenvalue weighted by molar-refractivity contribution is 7.98. The Balaban J connectivity index is 1.52. The van der Waals surface area contributed by atoms with Gasteiger partial charge >= 0.3 is 0 Å². The summed E-state index contributed by atoms with van der Waals surface area (Å²) in [6.45, 7) is 4.39. The summed E-state index contributed by atoms with van der Waals surface area (Å²) < 4.78 is 30.5. The van der Waals surface area contributed by atoms with Gasteiger partial charge in [-0.3, -0.25) is 4.79 Å². The van der Waals surface area contributed by atoms with E-state index in [1.165, 1.54) is 15.6 Å². The van der Waals surface area contributed by atoms with E-state index < -0.39 is 10.0 Å². The lowest BCUT2D eigenvalue weighted by Gasteiger charge is -2.24. The van der Waals surface area contributed by atoms with Crippen LogP contribution in [0.15, 0.2) is 64.2 Å². The van der Waals surface area contributed by atoms with Crippen molar-refractivity contribution in [3.8, 4) is 0 Å². The van der Waals surface area contributed by atoms with Crippen molar-refractivity contribution in [3.63, 3.8) is 0 Å². The summed E-state index contributed by atoms with van der Waals surface area (Å²) in [7, 11) is -1.79. The fourth-order valence-electron chi connectivity index (χ4n) is 4.53. The highest BCUT2D eigenvalue weighted by Crippen LogP contribution is 2.31. The minimum absolute atomic E-state index is 0.242. The second-order valence-corrected chi connectivity index (χ2v) is 13.1. The monoisotopic (exact) mass is 558 g/mol. The van der Waals surface area contributed by atoms with Gasteiger partial charge in [0.05, 0.1) is 6.54 Å². The summed E-state index contributed by atoms with van der Waals surface area (Å²) in [5, 5.41) is 6.86. The molecule has 0 aliphatic carbocycles. The summed E-state index contributed by atoms with van der Waals surface area (Å²) in [6, 6.07) is 17.4. The van der Waals surface area contributed by atoms with E-state index in [-0.39, 0.29) is 23.2 Å². The predicted molar refractivity (Wildman–Crippen MR) is 157 cm³/mol. The number of para-hydroxylation sites is 1. The number of benzene rings is 2. The van der Waals surface area contributed by atoms with Crippen LogP contribution in [0.1, 0.15) is 13.3 Å². The summed E-state index contributed by atoms with van der Waals surface area (Å²) in [5.74, 6) is 0.703. The van der Waals surface area contributed by atoms with Gasteiger partial charge in [-0.25, -0.2) is 8.42 Å². The number of aryl methyl sites for hydroxylation is 1. The minimum Gasteiger partial charge on any atom is -0.341 e. The van der Waals surface area contributed by atoms with Gasteiger partial charge in [0.1, 0.15) is 4.21 Å². The number of anilines is 1. The lowest BCUT2D eigenvalue weighted by Crippen LogP contribution is -2.42. The van der Waals surface area contributed by atoms with Crippen molar-refractivity contribution in [2.24, 2.45) is 0 Å². The smallest absolute Gasteiger partial charge is 0.253 e. The zero-order valence-corrected chi connectivity index (χ0v) is 24.0. The van der Waals surface area contributed by atoms with Crippen molar-refractivity contribution in [2.75, 3.05) is 50.6 Å². The van der Waals surface area contributed by atoms with Gasteiger partial charge in [-0.2, -0.15) is 16.1 Å². The Kier molecular flexibility index (Phi) is 9.31. The molecule has 0 unspecified atom stereocenters. The van der Waals surface area contributed by atoms with Gasteiger partial charge in [-0.05, 0) is 74.7 Å². The van der Waals surface area contributed by atoms with Crippen molar-refractivity contribution in [1.82, 2.24) is 13.8 Å². The Morgan fingerprint density at radius 3 is 2.54 bits per heavy atom. The van der Waals surface area contributed by atoms with Crippen LogP contribution in [-0.4, -0.2) is 73.3 Å². The maximum absolute atomic E-state index is 13.3. The Morgan fingerprint density at radius 2 is 1.81 bits per heavy atom. The molecule has 198 valence electrons. The molecule has 0 aliphatic rings. The summed E-state index contributed by atoms with van der Waals surface area (Å²) >= 11 is 2.96. The topological polar surface area (TPSA) is 74.7 Å². The zero-order chi connectivity index (χ0) is 26.4. The Bertz CT molecular complexity index is 1450. The number of aromatic nitrogens is 1. The van der Waals surface area contributed by atoms with Crippen molar-refractivity contribution in [2.45, 2.75) is 24.1 Å². The molecule has 4 aromatic rings. The highest BCUT2D eigenvalue weighted by atomic mass is 32.2. The van der Waals surface area contributed by atoms with Crippen molar-refractivity contribution < 1.29 is 13.2 Å². The molecular formula is C27H34N4O3S3. The molecule has 1 amide bonds. The molecule has 1 N–H and O–H groups in total. The molecule has 0 fully saturated rings. The second-order valence-electron chi connectivity index (χ2n) is 8.96. The SMILES string of the molecule is CCn1c2ccccc2c2cc(NC(=O)CN(CCN(C)CCCSC)S(=O)(=O)c3cccs3)ccc21. The third-order valence-corrected chi connectivity index (χ3v) is 10.3. The number of rotatable bonds is 13. The lowest BCUT2D eigenvalue weighted by molar-refractivity contribution is -0.116. The molecule has 0 saturated heterocycles. The minimum atomic E-state index is -3.77. The Morgan fingerprint density at radius 1 is 1.03 bits per heavy atom. The lowest BCUT2D eigenvalue weighted by atomic mass is 10.1. The molecule has 37 heavy (non-hydrogen) atoms. The number of likely N-dealkylation sites (N-methyl/N-ethyl adjacent to an activating group) is 1. The van der Waals surface area contributed by atoms with Gasteiger partial charge in [0.2, 0.25) is 5.91 Å². The maximum Gasteiger partial charge on any atom is 0.253 e. The van der Waals surface area contributed by atoms with Crippen LogP contribution in [0.25, 0.3) is 21.8 Å². The molecule has 2 heterocycles. The van der Waals surface area contributed by atoms with Crippen LogP contribution in [-0.2, 0) is 21.4 Å². The number of fused-ring (bicyclic) bond motifs is 3. The summed E-state index contributed by atoms with van der Waals surface area (Å²) in [4.78, 5) is 15.2. The first kappa shape index (κ1) is 27.7. The van der Waals surface area contributed by atoms with Crippen LogP contribution in [0.4, 0.5) is 5.69 Å². The number of thioether (sulfide) groups is 1. The average molecular weight is 559 g/mol. The summed E-state index contributed by atoms with van der Waals surface area (Å²) in [5.41, 5.74) is 2.91. The van der Waals surface area contributed by atoms with Crippen LogP contribution < -0.4 is 5.32 Å². The van der Waals surface area contributed by atoms with Gasteiger partial charge in [0.15, 0.2) is 0 Å². The van der Waals surface area contributed by atoms with Crippen molar-refractivity contribution in [3.05, 3.63) is 60.0 Å². The van der Waals surface area contributed by atoms with Crippen LogP contribution in [0.3, 0.4) is 0 Å². The van der Waals surface area contributed by atoms with Crippen molar-refractivity contribution in [1.29, 1.82) is 0 Å². The van der Waals surface area contributed by atoms with E-state index in [2.05, 4.69) is 40.1 Å². The molecular weight excluding hydrogens is 525 g/mol. The molecule has 0 radical (unpaired) electrons. The highest BCUT2D eigenvalue weighted by Gasteiger charge is 2.27. The number of carbonyl (C=O) groups is 1. The van der Waals surface area contributed by atoms with E-state index in [0.717, 1.165) is 47.1 Å². The molecule has 2 aromatic carbocycles. The molecule has 0 spiro atoms. The van der Waals surface area contributed by atoms with E-state index in [1.807, 2.05) is 37.4 Å². The van der Waals surface area contributed by atoms with E-state index in [1.54, 1.807) is 29.3 Å². The molecule has 2 aromatic heterocycles. The third kappa shape index (κ3) is 6.38. The number of thiophene rings is 1. The fraction of sp³-hybridized carbons (Fsp3) is 0.370. The van der Waals surface area contributed by atoms with E-state index in [0.29, 0.717) is 12.2 Å². The Hall–Kier alpha value is -2.37. The van der Waals surface area contributed by atoms with Gasteiger partial charge in [0, 0.05) is 47.1 Å².